The van der Waals surface area contributed by atoms with E-state index in [-0.39, 0.29) is 0 Å². The lowest BCUT2D eigenvalue weighted by molar-refractivity contribution is 0.703. The number of hydrogen-bond acceptors (Lipinski definition) is 2. The van der Waals surface area contributed by atoms with Gasteiger partial charge in [-0.3, -0.25) is 0 Å². The van der Waals surface area contributed by atoms with E-state index < -0.39 is 0 Å². The summed E-state index contributed by atoms with van der Waals surface area (Å²) in [6.07, 6.45) is 4.19. The molecule has 0 radical (unpaired) electrons. The van der Waals surface area contributed by atoms with E-state index in [1.54, 1.807) is 6.26 Å². The molecule has 0 heterocycles. The summed E-state index contributed by atoms with van der Waals surface area (Å²) < 4.78 is 0. The molecule has 2 heteroatoms. The van der Waals surface area contributed by atoms with Crippen molar-refractivity contribution in [2.45, 2.75) is 40.5 Å². The summed E-state index contributed by atoms with van der Waals surface area (Å²) in [5, 5.41) is 3.20. The first-order valence-electron chi connectivity index (χ1n) is 4.48. The lowest BCUT2D eigenvalue weighted by atomic mass is 10.5. The fraction of sp³-hybridized carbons (Fsp3) is 1.00. The monoisotopic (exact) mass is 179 g/mol. The third-order valence-electron chi connectivity index (χ3n) is 0.677. The average Bonchev–Trinajstić information content (AvgIpc) is 2.06. The highest BCUT2D eigenvalue weighted by atomic mass is 32.1. The zero-order valence-corrected chi connectivity index (χ0v) is 9.67. The van der Waals surface area contributed by atoms with Crippen molar-refractivity contribution in [2.75, 3.05) is 19.3 Å². The van der Waals surface area contributed by atoms with E-state index in [1.807, 2.05) is 0 Å². The highest BCUT2D eigenvalue weighted by Crippen LogP contribution is 1.65. The maximum absolute atomic E-state index is 3.53. The topological polar surface area (TPSA) is 12.0 Å². The Kier molecular flexibility index (Phi) is 50.2. The number of nitrogens with one attached hydrogen (secondary N) is 1. The molecule has 72 valence electrons. The molecule has 0 amide bonds. The molecule has 0 saturated carbocycles. The van der Waals surface area contributed by atoms with Gasteiger partial charge in [0.2, 0.25) is 0 Å². The summed E-state index contributed by atoms with van der Waals surface area (Å²) in [4.78, 5) is 0. The lowest BCUT2D eigenvalue weighted by Crippen LogP contribution is -2.12. The highest BCUT2D eigenvalue weighted by Gasteiger charge is 1.71. The first kappa shape index (κ1) is 17.4. The van der Waals surface area contributed by atoms with Crippen molar-refractivity contribution < 1.29 is 0 Å². The SMILES string of the molecule is CCC.CCCNCC.CS. The molecule has 0 aromatic rings. The number of thiol groups is 1. The summed E-state index contributed by atoms with van der Waals surface area (Å²) in [5.41, 5.74) is 0. The molecule has 0 spiro atoms. The van der Waals surface area contributed by atoms with Gasteiger partial charge in [-0.05, 0) is 25.8 Å². The minimum absolute atomic E-state index is 1.10. The van der Waals surface area contributed by atoms with Gasteiger partial charge in [0.25, 0.3) is 0 Å². The molecule has 0 atom stereocenters. The van der Waals surface area contributed by atoms with E-state index in [4.69, 9.17) is 0 Å². The fourth-order valence-electron chi connectivity index (χ4n) is 0.354. The van der Waals surface area contributed by atoms with Crippen molar-refractivity contribution in [3.63, 3.8) is 0 Å². The zero-order chi connectivity index (χ0) is 9.54. The third-order valence-corrected chi connectivity index (χ3v) is 0.677. The molecule has 0 aliphatic carbocycles. The fourth-order valence-corrected chi connectivity index (χ4v) is 0.354. The Labute approximate surface area is 78.4 Å². The van der Waals surface area contributed by atoms with Gasteiger partial charge in [0.15, 0.2) is 0 Å². The molecule has 1 N–H and O–H groups in total. The van der Waals surface area contributed by atoms with E-state index in [1.165, 1.54) is 12.8 Å². The van der Waals surface area contributed by atoms with Crippen LogP contribution in [-0.4, -0.2) is 19.3 Å². The normalized spacial score (nSPS) is 7.09. The summed E-state index contributed by atoms with van der Waals surface area (Å²) in [5.74, 6) is 0. The van der Waals surface area contributed by atoms with Crippen molar-refractivity contribution in [2.24, 2.45) is 0 Å². The third kappa shape index (κ3) is 65.0. The van der Waals surface area contributed by atoms with Crippen molar-refractivity contribution in [1.29, 1.82) is 0 Å². The Bertz CT molecular complexity index is 28.7. The molecule has 0 rings (SSSR count). The molecule has 0 aliphatic rings. The smallest absolute Gasteiger partial charge is 0.00517 e. The summed E-state index contributed by atoms with van der Waals surface area (Å²) >= 11 is 3.53. The van der Waals surface area contributed by atoms with Gasteiger partial charge in [-0.1, -0.05) is 34.1 Å². The van der Waals surface area contributed by atoms with Gasteiger partial charge in [-0.25, -0.2) is 0 Å². The van der Waals surface area contributed by atoms with Crippen LogP contribution in [0.4, 0.5) is 0 Å². The van der Waals surface area contributed by atoms with Crippen LogP contribution >= 0.6 is 12.6 Å². The molecule has 0 aliphatic heterocycles. The molecule has 0 unspecified atom stereocenters. The Balaban J connectivity index is -0.000000109. The van der Waals surface area contributed by atoms with Crippen molar-refractivity contribution in [3.05, 3.63) is 0 Å². The number of hydrogen-bond donors (Lipinski definition) is 2. The predicted octanol–water partition coefficient (Wildman–Crippen LogP) is 2.97. The molecular weight excluding hydrogens is 154 g/mol. The van der Waals surface area contributed by atoms with Crippen LogP contribution in [0.15, 0.2) is 0 Å². The Morgan fingerprint density at radius 3 is 1.45 bits per heavy atom. The van der Waals surface area contributed by atoms with Gasteiger partial charge in [-0.2, -0.15) is 12.6 Å². The largest absolute Gasteiger partial charge is 0.317 e. The van der Waals surface area contributed by atoms with Crippen LogP contribution in [0.3, 0.4) is 0 Å². The average molecular weight is 179 g/mol. The Hall–Kier alpha value is 0.310. The molecule has 0 fully saturated rings. The second-order valence-electron chi connectivity index (χ2n) is 2.06. The van der Waals surface area contributed by atoms with E-state index in [0.717, 1.165) is 13.1 Å². The maximum Gasteiger partial charge on any atom is -0.00517 e. The van der Waals surface area contributed by atoms with E-state index in [0.29, 0.717) is 0 Å². The first-order chi connectivity index (χ1) is 5.33. The molecule has 11 heavy (non-hydrogen) atoms. The molecule has 0 saturated heterocycles. The van der Waals surface area contributed by atoms with Crippen LogP contribution in [0.25, 0.3) is 0 Å². The lowest BCUT2D eigenvalue weighted by Gasteiger charge is -1.91. The van der Waals surface area contributed by atoms with E-state index in [2.05, 4.69) is 45.6 Å². The van der Waals surface area contributed by atoms with Crippen LogP contribution in [0.5, 0.6) is 0 Å². The van der Waals surface area contributed by atoms with Crippen molar-refractivity contribution in [1.82, 2.24) is 5.32 Å². The van der Waals surface area contributed by atoms with E-state index in [9.17, 15) is 0 Å². The molecule has 0 aromatic carbocycles. The second-order valence-corrected chi connectivity index (χ2v) is 2.06. The summed E-state index contributed by atoms with van der Waals surface area (Å²) in [6, 6.07) is 0. The molecular formula is C9H25NS. The van der Waals surface area contributed by atoms with Crippen LogP contribution < -0.4 is 5.32 Å². The minimum atomic E-state index is 1.10. The minimum Gasteiger partial charge on any atom is -0.317 e. The van der Waals surface area contributed by atoms with Gasteiger partial charge in [-0.15, -0.1) is 0 Å². The predicted molar refractivity (Wildman–Crippen MR) is 59.7 cm³/mol. The zero-order valence-electron chi connectivity index (χ0n) is 8.78. The van der Waals surface area contributed by atoms with Crippen LogP contribution in [0, 0.1) is 0 Å². The summed E-state index contributed by atoms with van der Waals surface area (Å²) in [7, 11) is 0. The van der Waals surface area contributed by atoms with Crippen LogP contribution in [0.2, 0.25) is 0 Å². The van der Waals surface area contributed by atoms with Crippen molar-refractivity contribution >= 4 is 12.6 Å². The standard InChI is InChI=1S/C5H13N.C3H8.CH4S/c1-3-5-6-4-2;1-3-2;1-2/h6H,3-5H2,1-2H3;3H2,1-2H3;2H,1H3. The van der Waals surface area contributed by atoms with Gasteiger partial charge < -0.3 is 5.32 Å². The van der Waals surface area contributed by atoms with Crippen LogP contribution in [0.1, 0.15) is 40.5 Å². The van der Waals surface area contributed by atoms with Crippen LogP contribution in [-0.2, 0) is 0 Å². The number of rotatable bonds is 3. The molecule has 1 nitrogen and oxygen atoms in total. The summed E-state index contributed by atoms with van der Waals surface area (Å²) in [6.45, 7) is 10.8. The first-order valence-corrected chi connectivity index (χ1v) is 5.38. The van der Waals surface area contributed by atoms with E-state index >= 15 is 0 Å². The highest BCUT2D eigenvalue weighted by molar-refractivity contribution is 7.79. The van der Waals surface area contributed by atoms with Crippen molar-refractivity contribution in [3.8, 4) is 0 Å². The maximum atomic E-state index is 3.53. The van der Waals surface area contributed by atoms with Gasteiger partial charge >= 0.3 is 0 Å². The Morgan fingerprint density at radius 1 is 1.00 bits per heavy atom. The van der Waals surface area contributed by atoms with Gasteiger partial charge in [0, 0.05) is 0 Å². The van der Waals surface area contributed by atoms with Gasteiger partial charge in [0.05, 0.1) is 0 Å². The quantitative estimate of drug-likeness (QED) is 0.501. The van der Waals surface area contributed by atoms with Gasteiger partial charge in [0.1, 0.15) is 0 Å². The second kappa shape index (κ2) is 31.7. The molecule has 0 aromatic heterocycles. The molecule has 0 bridgehead atoms. The Morgan fingerprint density at radius 2 is 1.36 bits per heavy atom.